The Morgan fingerprint density at radius 2 is 1.80 bits per heavy atom. The van der Waals surface area contributed by atoms with Gasteiger partial charge in [0.25, 0.3) is 0 Å². The number of carboxylic acid groups (broad SMARTS) is 1. The van der Waals surface area contributed by atoms with Crippen LogP contribution in [0.4, 0.5) is 0 Å². The lowest BCUT2D eigenvalue weighted by molar-refractivity contribution is -0.136. The number of hydrogen-bond acceptors (Lipinski definition) is 3. The molecule has 0 amide bonds. The van der Waals surface area contributed by atoms with Crippen molar-refractivity contribution in [1.29, 1.82) is 0 Å². The van der Waals surface area contributed by atoms with Crippen LogP contribution in [0.3, 0.4) is 0 Å². The smallest absolute Gasteiger partial charge is 0.307 e. The van der Waals surface area contributed by atoms with E-state index < -0.39 is 5.97 Å². The average Bonchev–Trinajstić information content (AvgIpc) is 2.43. The number of carboxylic acids is 1. The second-order valence-electron chi connectivity index (χ2n) is 4.88. The summed E-state index contributed by atoms with van der Waals surface area (Å²) in [4.78, 5) is 10.6. The first-order chi connectivity index (χ1) is 9.72. The molecule has 0 spiro atoms. The standard InChI is InChI=1S/C16H25NO3/c1-2-3-10-20-11-4-9-17-13-15-7-5-14(6-8-15)12-16(18)19/h5-8,17H,2-4,9-13H2,1H3,(H,18,19). The maximum atomic E-state index is 10.6. The van der Waals surface area contributed by atoms with Gasteiger partial charge in [-0.05, 0) is 30.5 Å². The van der Waals surface area contributed by atoms with Crippen molar-refractivity contribution < 1.29 is 14.6 Å². The van der Waals surface area contributed by atoms with Gasteiger partial charge in [-0.15, -0.1) is 0 Å². The minimum absolute atomic E-state index is 0.0861. The summed E-state index contributed by atoms with van der Waals surface area (Å²) < 4.78 is 5.48. The molecule has 112 valence electrons. The SMILES string of the molecule is CCCCOCCCNCc1ccc(CC(=O)O)cc1. The molecule has 0 heterocycles. The summed E-state index contributed by atoms with van der Waals surface area (Å²) in [6.45, 7) is 5.57. The van der Waals surface area contributed by atoms with E-state index >= 15 is 0 Å². The fourth-order valence-electron chi connectivity index (χ4n) is 1.83. The predicted molar refractivity (Wildman–Crippen MR) is 79.8 cm³/mol. The Morgan fingerprint density at radius 1 is 1.15 bits per heavy atom. The molecule has 2 N–H and O–H groups in total. The summed E-state index contributed by atoms with van der Waals surface area (Å²) in [6.07, 6.45) is 3.41. The van der Waals surface area contributed by atoms with Crippen LogP contribution in [0.2, 0.25) is 0 Å². The normalized spacial score (nSPS) is 10.7. The third-order valence-corrected chi connectivity index (χ3v) is 2.99. The van der Waals surface area contributed by atoms with Gasteiger partial charge < -0.3 is 15.2 Å². The zero-order valence-electron chi connectivity index (χ0n) is 12.2. The summed E-state index contributed by atoms with van der Waals surface area (Å²) in [5.41, 5.74) is 2.01. The first-order valence-corrected chi connectivity index (χ1v) is 7.30. The molecule has 0 unspecified atom stereocenters. The quantitative estimate of drug-likeness (QED) is 0.611. The van der Waals surface area contributed by atoms with E-state index in [-0.39, 0.29) is 6.42 Å². The molecule has 0 aliphatic rings. The lowest BCUT2D eigenvalue weighted by Gasteiger charge is -2.06. The molecular weight excluding hydrogens is 254 g/mol. The van der Waals surface area contributed by atoms with Crippen molar-refractivity contribution in [3.8, 4) is 0 Å². The second-order valence-corrected chi connectivity index (χ2v) is 4.88. The summed E-state index contributed by atoms with van der Waals surface area (Å²) in [6, 6.07) is 7.70. The molecule has 0 aromatic heterocycles. The van der Waals surface area contributed by atoms with E-state index in [0.717, 1.165) is 44.7 Å². The molecule has 0 fully saturated rings. The highest BCUT2D eigenvalue weighted by Crippen LogP contribution is 2.05. The minimum Gasteiger partial charge on any atom is -0.481 e. The Morgan fingerprint density at radius 3 is 2.45 bits per heavy atom. The van der Waals surface area contributed by atoms with Crippen molar-refractivity contribution >= 4 is 5.97 Å². The number of carbonyl (C=O) groups is 1. The van der Waals surface area contributed by atoms with E-state index in [2.05, 4.69) is 12.2 Å². The van der Waals surface area contributed by atoms with Gasteiger partial charge in [0.2, 0.25) is 0 Å². The highest BCUT2D eigenvalue weighted by Gasteiger charge is 2.00. The number of nitrogens with one attached hydrogen (secondary N) is 1. The number of ether oxygens (including phenoxy) is 1. The van der Waals surface area contributed by atoms with Crippen molar-refractivity contribution in [2.45, 2.75) is 39.2 Å². The third-order valence-electron chi connectivity index (χ3n) is 2.99. The minimum atomic E-state index is -0.793. The van der Waals surface area contributed by atoms with Gasteiger partial charge in [0.15, 0.2) is 0 Å². The summed E-state index contributed by atoms with van der Waals surface area (Å²) in [5.74, 6) is -0.793. The monoisotopic (exact) mass is 279 g/mol. The Bertz CT molecular complexity index is 376. The first kappa shape index (κ1) is 16.7. The molecule has 0 radical (unpaired) electrons. The molecule has 1 rings (SSSR count). The van der Waals surface area contributed by atoms with E-state index in [1.165, 1.54) is 12.0 Å². The maximum Gasteiger partial charge on any atom is 0.307 e. The van der Waals surface area contributed by atoms with Gasteiger partial charge in [0.1, 0.15) is 0 Å². The molecule has 1 aromatic carbocycles. The summed E-state index contributed by atoms with van der Waals surface area (Å²) >= 11 is 0. The zero-order valence-corrected chi connectivity index (χ0v) is 12.2. The molecular formula is C16H25NO3. The fourth-order valence-corrected chi connectivity index (χ4v) is 1.83. The molecule has 20 heavy (non-hydrogen) atoms. The molecule has 0 bridgehead atoms. The van der Waals surface area contributed by atoms with Crippen molar-refractivity contribution in [3.05, 3.63) is 35.4 Å². The van der Waals surface area contributed by atoms with Gasteiger partial charge in [-0.25, -0.2) is 0 Å². The van der Waals surface area contributed by atoms with Gasteiger partial charge in [-0.3, -0.25) is 4.79 Å². The molecule has 1 aromatic rings. The van der Waals surface area contributed by atoms with E-state index in [0.29, 0.717) is 0 Å². The largest absolute Gasteiger partial charge is 0.481 e. The van der Waals surface area contributed by atoms with E-state index in [4.69, 9.17) is 9.84 Å². The van der Waals surface area contributed by atoms with E-state index in [9.17, 15) is 4.79 Å². The van der Waals surface area contributed by atoms with Gasteiger partial charge in [-0.1, -0.05) is 37.6 Å². The lowest BCUT2D eigenvalue weighted by atomic mass is 10.1. The topological polar surface area (TPSA) is 58.6 Å². The number of benzene rings is 1. The molecule has 0 atom stereocenters. The predicted octanol–water partition coefficient (Wildman–Crippen LogP) is 2.61. The zero-order chi connectivity index (χ0) is 14.6. The molecule has 0 aliphatic heterocycles. The van der Waals surface area contributed by atoms with Gasteiger partial charge in [0.05, 0.1) is 6.42 Å². The number of aliphatic carboxylic acids is 1. The van der Waals surface area contributed by atoms with E-state index in [1.807, 2.05) is 24.3 Å². The van der Waals surface area contributed by atoms with Crippen molar-refractivity contribution in [2.75, 3.05) is 19.8 Å². The van der Waals surface area contributed by atoms with Gasteiger partial charge >= 0.3 is 5.97 Å². The molecule has 4 heteroatoms. The van der Waals surface area contributed by atoms with Crippen LogP contribution in [0.5, 0.6) is 0 Å². The van der Waals surface area contributed by atoms with Crippen LogP contribution >= 0.6 is 0 Å². The lowest BCUT2D eigenvalue weighted by Crippen LogP contribution is -2.16. The van der Waals surface area contributed by atoms with Crippen LogP contribution in [0.1, 0.15) is 37.3 Å². The van der Waals surface area contributed by atoms with Gasteiger partial charge in [-0.2, -0.15) is 0 Å². The Kier molecular flexibility index (Phi) is 8.67. The summed E-state index contributed by atoms with van der Waals surface area (Å²) in [7, 11) is 0. The Hall–Kier alpha value is -1.39. The third kappa shape index (κ3) is 7.92. The van der Waals surface area contributed by atoms with Crippen molar-refractivity contribution in [2.24, 2.45) is 0 Å². The number of rotatable bonds is 11. The molecule has 0 saturated heterocycles. The first-order valence-electron chi connectivity index (χ1n) is 7.30. The van der Waals surface area contributed by atoms with Gasteiger partial charge in [0, 0.05) is 19.8 Å². The van der Waals surface area contributed by atoms with Crippen LogP contribution < -0.4 is 5.32 Å². The van der Waals surface area contributed by atoms with Crippen molar-refractivity contribution in [3.63, 3.8) is 0 Å². The maximum absolute atomic E-state index is 10.6. The molecule has 0 saturated carbocycles. The van der Waals surface area contributed by atoms with Crippen LogP contribution in [0.15, 0.2) is 24.3 Å². The molecule has 0 aliphatic carbocycles. The summed E-state index contributed by atoms with van der Waals surface area (Å²) in [5, 5.41) is 12.0. The second kappa shape index (κ2) is 10.4. The van der Waals surface area contributed by atoms with E-state index in [1.54, 1.807) is 0 Å². The Labute approximate surface area is 121 Å². The van der Waals surface area contributed by atoms with Crippen LogP contribution in [0, 0.1) is 0 Å². The fraction of sp³-hybridized carbons (Fsp3) is 0.562. The Balaban J connectivity index is 2.08. The molecule has 4 nitrogen and oxygen atoms in total. The van der Waals surface area contributed by atoms with Crippen LogP contribution in [0.25, 0.3) is 0 Å². The van der Waals surface area contributed by atoms with Crippen molar-refractivity contribution in [1.82, 2.24) is 5.32 Å². The highest BCUT2D eigenvalue weighted by atomic mass is 16.5. The van der Waals surface area contributed by atoms with Crippen LogP contribution in [-0.2, 0) is 22.5 Å². The number of unbranched alkanes of at least 4 members (excludes halogenated alkanes) is 1. The number of hydrogen-bond donors (Lipinski definition) is 2. The highest BCUT2D eigenvalue weighted by molar-refractivity contribution is 5.70. The average molecular weight is 279 g/mol. The van der Waals surface area contributed by atoms with Crippen LogP contribution in [-0.4, -0.2) is 30.8 Å².